The van der Waals surface area contributed by atoms with Gasteiger partial charge in [-0.3, -0.25) is 14.6 Å². The van der Waals surface area contributed by atoms with Crippen molar-refractivity contribution in [3.8, 4) is 11.3 Å². The lowest BCUT2D eigenvalue weighted by molar-refractivity contribution is 0.0976. The summed E-state index contributed by atoms with van der Waals surface area (Å²) in [5.74, 6) is -1.08. The Morgan fingerprint density at radius 3 is 2.16 bits per heavy atom. The lowest BCUT2D eigenvalue weighted by Gasteiger charge is -2.14. The number of anilines is 1. The zero-order chi connectivity index (χ0) is 17.8. The molecule has 3 aromatic rings. The van der Waals surface area contributed by atoms with Gasteiger partial charge in [0.05, 0.1) is 16.8 Å². The van der Waals surface area contributed by atoms with Crippen LogP contribution in [-0.2, 0) is 0 Å². The van der Waals surface area contributed by atoms with Gasteiger partial charge < -0.3 is 11.1 Å². The van der Waals surface area contributed by atoms with Gasteiger partial charge in [-0.05, 0) is 24.6 Å². The number of aromatic nitrogens is 1. The monoisotopic (exact) mass is 331 g/mol. The molecule has 0 atom stereocenters. The van der Waals surface area contributed by atoms with Gasteiger partial charge in [0.2, 0.25) is 0 Å². The van der Waals surface area contributed by atoms with Gasteiger partial charge in [0.1, 0.15) is 0 Å². The fraction of sp³-hybridized carbons (Fsp3) is 0.0500. The number of carbonyl (C=O) groups excluding carboxylic acids is 2. The van der Waals surface area contributed by atoms with Gasteiger partial charge >= 0.3 is 0 Å². The Bertz CT molecular complexity index is 922. The molecule has 0 bridgehead atoms. The first-order chi connectivity index (χ1) is 12.1. The number of primary amides is 1. The largest absolute Gasteiger partial charge is 0.366 e. The van der Waals surface area contributed by atoms with Crippen LogP contribution in [0.1, 0.15) is 26.3 Å². The molecule has 25 heavy (non-hydrogen) atoms. The van der Waals surface area contributed by atoms with Crippen molar-refractivity contribution in [2.24, 2.45) is 5.73 Å². The maximum atomic E-state index is 12.8. The molecule has 0 spiro atoms. The van der Waals surface area contributed by atoms with E-state index in [0.717, 1.165) is 5.56 Å². The molecule has 3 rings (SSSR count). The average Bonchev–Trinajstić information content (AvgIpc) is 2.62. The molecule has 5 nitrogen and oxygen atoms in total. The number of carbonyl (C=O) groups is 2. The van der Waals surface area contributed by atoms with E-state index in [0.29, 0.717) is 16.9 Å². The fourth-order valence-corrected chi connectivity index (χ4v) is 2.69. The summed E-state index contributed by atoms with van der Waals surface area (Å²) in [7, 11) is 0. The van der Waals surface area contributed by atoms with Crippen LogP contribution >= 0.6 is 0 Å². The number of amides is 2. The standard InChI is InChI=1S/C20H17N3O2/c1-13-17(20(25)23-15-10-6-3-7-11-15)16(19(21)24)12-22-18(13)14-8-4-2-5-9-14/h2-12H,1H3,(H2,21,24)(H,23,25). The summed E-state index contributed by atoms with van der Waals surface area (Å²) in [5, 5.41) is 2.80. The predicted octanol–water partition coefficient (Wildman–Crippen LogP) is 3.41. The number of hydrogen-bond acceptors (Lipinski definition) is 3. The molecule has 0 unspecified atom stereocenters. The molecule has 1 heterocycles. The number of para-hydroxylation sites is 1. The van der Waals surface area contributed by atoms with Crippen molar-refractivity contribution < 1.29 is 9.59 Å². The highest BCUT2D eigenvalue weighted by atomic mass is 16.2. The number of pyridine rings is 1. The van der Waals surface area contributed by atoms with Crippen LogP contribution in [-0.4, -0.2) is 16.8 Å². The number of nitrogens with one attached hydrogen (secondary N) is 1. The Balaban J connectivity index is 2.09. The smallest absolute Gasteiger partial charge is 0.256 e. The van der Waals surface area contributed by atoms with Gasteiger partial charge in [0.25, 0.3) is 11.8 Å². The normalized spacial score (nSPS) is 10.3. The van der Waals surface area contributed by atoms with E-state index < -0.39 is 11.8 Å². The molecule has 124 valence electrons. The minimum absolute atomic E-state index is 0.102. The Hall–Kier alpha value is -3.47. The molecule has 3 N–H and O–H groups in total. The SMILES string of the molecule is Cc1c(-c2ccccc2)ncc(C(N)=O)c1C(=O)Nc1ccccc1. The summed E-state index contributed by atoms with van der Waals surface area (Å²) in [5.41, 5.74) is 8.54. The second-order valence-corrected chi connectivity index (χ2v) is 5.57. The number of hydrogen-bond donors (Lipinski definition) is 2. The van der Waals surface area contributed by atoms with Gasteiger partial charge in [-0.15, -0.1) is 0 Å². The van der Waals surface area contributed by atoms with Crippen LogP contribution < -0.4 is 11.1 Å². The van der Waals surface area contributed by atoms with Gasteiger partial charge in [-0.25, -0.2) is 0 Å². The first kappa shape index (κ1) is 16.4. The second kappa shape index (κ2) is 6.97. The summed E-state index contributed by atoms with van der Waals surface area (Å²) in [4.78, 5) is 28.9. The Labute approximate surface area is 145 Å². The summed E-state index contributed by atoms with van der Waals surface area (Å²) >= 11 is 0. The lowest BCUT2D eigenvalue weighted by atomic mass is 9.97. The van der Waals surface area contributed by atoms with Crippen LogP contribution in [0.5, 0.6) is 0 Å². The third-order valence-electron chi connectivity index (χ3n) is 3.89. The molecule has 1 aromatic heterocycles. The van der Waals surface area contributed by atoms with Crippen molar-refractivity contribution in [1.82, 2.24) is 4.98 Å². The number of nitrogens with zero attached hydrogens (tertiary/aromatic N) is 1. The molecule has 0 aliphatic heterocycles. The van der Waals surface area contributed by atoms with Crippen LogP contribution in [0.2, 0.25) is 0 Å². The third-order valence-corrected chi connectivity index (χ3v) is 3.89. The molecule has 2 aromatic carbocycles. The van der Waals surface area contributed by atoms with Crippen LogP contribution in [0.25, 0.3) is 11.3 Å². The van der Waals surface area contributed by atoms with E-state index in [4.69, 9.17) is 5.73 Å². The third kappa shape index (κ3) is 3.40. The maximum Gasteiger partial charge on any atom is 0.256 e. The number of nitrogens with two attached hydrogens (primary N) is 1. The van der Waals surface area contributed by atoms with E-state index in [2.05, 4.69) is 10.3 Å². The van der Waals surface area contributed by atoms with Crippen LogP contribution in [0.15, 0.2) is 66.9 Å². The molecule has 5 heteroatoms. The van der Waals surface area contributed by atoms with Crippen molar-refractivity contribution in [1.29, 1.82) is 0 Å². The summed E-state index contributed by atoms with van der Waals surface area (Å²) in [6, 6.07) is 18.5. The van der Waals surface area contributed by atoms with E-state index in [9.17, 15) is 9.59 Å². The molecule has 0 radical (unpaired) electrons. The van der Waals surface area contributed by atoms with Gasteiger partial charge in [0, 0.05) is 17.4 Å². The quantitative estimate of drug-likeness (QED) is 0.768. The minimum Gasteiger partial charge on any atom is -0.366 e. The highest BCUT2D eigenvalue weighted by Crippen LogP contribution is 2.26. The molecule has 0 aliphatic carbocycles. The topological polar surface area (TPSA) is 85.1 Å². The van der Waals surface area contributed by atoms with Crippen molar-refractivity contribution in [2.45, 2.75) is 6.92 Å². The van der Waals surface area contributed by atoms with Crippen LogP contribution in [0.4, 0.5) is 5.69 Å². The van der Waals surface area contributed by atoms with Crippen LogP contribution in [0.3, 0.4) is 0 Å². The van der Waals surface area contributed by atoms with Gasteiger partial charge in [0.15, 0.2) is 0 Å². The zero-order valence-corrected chi connectivity index (χ0v) is 13.7. The second-order valence-electron chi connectivity index (χ2n) is 5.57. The molecule has 0 fully saturated rings. The van der Waals surface area contributed by atoms with Crippen molar-refractivity contribution in [2.75, 3.05) is 5.32 Å². The van der Waals surface area contributed by atoms with Crippen molar-refractivity contribution >= 4 is 17.5 Å². The van der Waals surface area contributed by atoms with Crippen molar-refractivity contribution in [3.05, 3.63) is 83.6 Å². The minimum atomic E-state index is -0.687. The van der Waals surface area contributed by atoms with Gasteiger partial charge in [-0.2, -0.15) is 0 Å². The molecule has 2 amide bonds. The average molecular weight is 331 g/mol. The zero-order valence-electron chi connectivity index (χ0n) is 13.7. The Morgan fingerprint density at radius 1 is 0.960 bits per heavy atom. The molecular weight excluding hydrogens is 314 g/mol. The van der Waals surface area contributed by atoms with E-state index in [1.54, 1.807) is 19.1 Å². The number of rotatable bonds is 4. The Morgan fingerprint density at radius 2 is 1.56 bits per heavy atom. The maximum absolute atomic E-state index is 12.8. The first-order valence-corrected chi connectivity index (χ1v) is 7.79. The Kier molecular flexibility index (Phi) is 4.57. The van der Waals surface area contributed by atoms with Crippen LogP contribution in [0, 0.1) is 6.92 Å². The number of benzene rings is 2. The fourth-order valence-electron chi connectivity index (χ4n) is 2.69. The summed E-state index contributed by atoms with van der Waals surface area (Å²) < 4.78 is 0. The molecule has 0 saturated heterocycles. The highest BCUT2D eigenvalue weighted by molar-refractivity contribution is 6.13. The van der Waals surface area contributed by atoms with E-state index in [1.165, 1.54) is 6.20 Å². The molecular formula is C20H17N3O2. The molecule has 0 saturated carbocycles. The lowest BCUT2D eigenvalue weighted by Crippen LogP contribution is -2.22. The highest BCUT2D eigenvalue weighted by Gasteiger charge is 2.21. The van der Waals surface area contributed by atoms with E-state index >= 15 is 0 Å². The first-order valence-electron chi connectivity index (χ1n) is 7.79. The van der Waals surface area contributed by atoms with Crippen molar-refractivity contribution in [3.63, 3.8) is 0 Å². The summed E-state index contributed by atoms with van der Waals surface area (Å²) in [6.45, 7) is 1.77. The molecule has 0 aliphatic rings. The van der Waals surface area contributed by atoms with E-state index in [-0.39, 0.29) is 11.1 Å². The predicted molar refractivity (Wildman–Crippen MR) is 97.3 cm³/mol. The van der Waals surface area contributed by atoms with E-state index in [1.807, 2.05) is 48.5 Å². The summed E-state index contributed by atoms with van der Waals surface area (Å²) in [6.07, 6.45) is 1.36. The van der Waals surface area contributed by atoms with Gasteiger partial charge in [-0.1, -0.05) is 48.5 Å².